The molecule has 0 N–H and O–H groups in total. The van der Waals surface area contributed by atoms with Crippen molar-refractivity contribution in [3.8, 4) is 0 Å². The highest BCUT2D eigenvalue weighted by Gasteiger charge is 2.30. The quantitative estimate of drug-likeness (QED) is 0.376. The monoisotopic (exact) mass is 407 g/mol. The van der Waals surface area contributed by atoms with Gasteiger partial charge in [0.25, 0.3) is 0 Å². The number of benzene rings is 1. The highest BCUT2D eigenvalue weighted by Crippen LogP contribution is 2.39. The van der Waals surface area contributed by atoms with Gasteiger partial charge in [0.1, 0.15) is 11.2 Å². The van der Waals surface area contributed by atoms with Crippen LogP contribution in [-0.2, 0) is 29.2 Å². The molecule has 7 nitrogen and oxygen atoms in total. The number of oxime groups is 1. The maximum atomic E-state index is 5.96. The van der Waals surface area contributed by atoms with Gasteiger partial charge in [0.15, 0.2) is 18.1 Å². The van der Waals surface area contributed by atoms with Crippen molar-refractivity contribution in [2.24, 2.45) is 5.16 Å². The fourth-order valence-electron chi connectivity index (χ4n) is 3.57. The molecule has 8 heteroatoms. The van der Waals surface area contributed by atoms with Gasteiger partial charge in [0.05, 0.1) is 23.3 Å². The van der Waals surface area contributed by atoms with Crippen LogP contribution in [0.4, 0.5) is 0 Å². The van der Waals surface area contributed by atoms with Gasteiger partial charge < -0.3 is 9.57 Å². The number of aromatic nitrogens is 4. The van der Waals surface area contributed by atoms with E-state index in [0.29, 0.717) is 12.4 Å². The molecule has 4 heterocycles. The first-order chi connectivity index (χ1) is 14.0. The van der Waals surface area contributed by atoms with Crippen molar-refractivity contribution in [1.29, 1.82) is 0 Å². The van der Waals surface area contributed by atoms with Crippen LogP contribution in [0.1, 0.15) is 42.6 Å². The minimum absolute atomic E-state index is 0.191. The molecule has 5 rings (SSSR count). The maximum absolute atomic E-state index is 5.96. The molecule has 0 bridgehead atoms. The zero-order chi connectivity index (χ0) is 20.0. The van der Waals surface area contributed by atoms with Gasteiger partial charge in [-0.3, -0.25) is 0 Å². The summed E-state index contributed by atoms with van der Waals surface area (Å²) in [6.45, 7) is 6.97. The average Bonchev–Trinajstić information content (AvgIpc) is 3.28. The smallest absolute Gasteiger partial charge is 0.192 e. The van der Waals surface area contributed by atoms with Crippen LogP contribution in [-0.4, -0.2) is 30.9 Å². The fraction of sp³-hybridized carbons (Fsp3) is 0.333. The molecule has 148 valence electrons. The van der Waals surface area contributed by atoms with Crippen LogP contribution >= 0.6 is 11.3 Å². The normalized spacial score (nSPS) is 16.3. The first-order valence-corrected chi connectivity index (χ1v) is 10.3. The lowest BCUT2D eigenvalue weighted by Crippen LogP contribution is -2.31. The van der Waals surface area contributed by atoms with Crippen LogP contribution in [0.25, 0.3) is 15.9 Å². The van der Waals surface area contributed by atoms with E-state index in [4.69, 9.17) is 14.6 Å². The first-order valence-electron chi connectivity index (χ1n) is 9.51. The summed E-state index contributed by atoms with van der Waals surface area (Å²) in [5.74, 6) is 0.579. The summed E-state index contributed by atoms with van der Waals surface area (Å²) in [7, 11) is 0. The Bertz CT molecular complexity index is 1230. The Morgan fingerprint density at radius 3 is 2.97 bits per heavy atom. The molecule has 0 aliphatic carbocycles. The predicted molar refractivity (Wildman–Crippen MR) is 112 cm³/mol. The predicted octanol–water partition coefficient (Wildman–Crippen LogP) is 4.13. The zero-order valence-corrected chi connectivity index (χ0v) is 17.4. The molecule has 4 aromatic rings. The number of fused-ring (bicyclic) bond motifs is 5. The molecule has 0 radical (unpaired) electrons. The van der Waals surface area contributed by atoms with Gasteiger partial charge in [-0.25, -0.2) is 14.5 Å². The molecule has 29 heavy (non-hydrogen) atoms. The molecular weight excluding hydrogens is 386 g/mol. The van der Waals surface area contributed by atoms with Crippen molar-refractivity contribution in [2.45, 2.75) is 46.0 Å². The second-order valence-corrected chi connectivity index (χ2v) is 8.85. The molecule has 0 amide bonds. The molecule has 0 fully saturated rings. The molecule has 0 saturated carbocycles. The Kier molecular flexibility index (Phi) is 4.33. The summed E-state index contributed by atoms with van der Waals surface area (Å²) in [5.41, 5.74) is 3.73. The van der Waals surface area contributed by atoms with Gasteiger partial charge in [-0.05, 0) is 31.9 Å². The fourth-order valence-corrected chi connectivity index (χ4v) is 4.63. The molecule has 1 aromatic carbocycles. The van der Waals surface area contributed by atoms with Crippen molar-refractivity contribution in [3.63, 3.8) is 0 Å². The third kappa shape index (κ3) is 3.38. The highest BCUT2D eigenvalue weighted by molar-refractivity contribution is 7.19. The first kappa shape index (κ1) is 18.2. The third-order valence-corrected chi connectivity index (χ3v) is 6.15. The maximum Gasteiger partial charge on any atom is 0.192 e. The van der Waals surface area contributed by atoms with Crippen molar-refractivity contribution in [1.82, 2.24) is 19.6 Å². The molecule has 3 aromatic heterocycles. The Morgan fingerprint density at radius 2 is 2.14 bits per heavy atom. The molecule has 0 spiro atoms. The number of ether oxygens (including phenoxy) is 1. The SMILES string of the molecule is C/C(=N/OCc1nc2c3c4c(sc3ncn2n1)COC(C)(C)C4)c1ccccc1. The molecule has 0 unspecified atom stereocenters. The van der Waals surface area contributed by atoms with E-state index in [1.54, 1.807) is 22.2 Å². The van der Waals surface area contributed by atoms with Crippen molar-refractivity contribution < 1.29 is 9.57 Å². The Labute approximate surface area is 172 Å². The number of hydrogen-bond donors (Lipinski definition) is 0. The molecular formula is C21H21N5O2S. The Morgan fingerprint density at radius 1 is 1.31 bits per heavy atom. The number of hydrogen-bond acceptors (Lipinski definition) is 7. The molecule has 1 aliphatic rings. The third-order valence-electron chi connectivity index (χ3n) is 5.04. The summed E-state index contributed by atoms with van der Waals surface area (Å²) in [6.07, 6.45) is 2.55. The largest absolute Gasteiger partial charge is 0.387 e. The Balaban J connectivity index is 1.45. The van der Waals surface area contributed by atoms with E-state index in [0.717, 1.165) is 33.6 Å². The summed E-state index contributed by atoms with van der Waals surface area (Å²) in [4.78, 5) is 17.0. The van der Waals surface area contributed by atoms with Crippen LogP contribution in [0.15, 0.2) is 41.8 Å². The van der Waals surface area contributed by atoms with E-state index in [-0.39, 0.29) is 12.2 Å². The topological polar surface area (TPSA) is 73.9 Å². The number of nitrogens with zero attached hydrogens (tertiary/aromatic N) is 5. The zero-order valence-electron chi connectivity index (χ0n) is 16.5. The van der Waals surface area contributed by atoms with Gasteiger partial charge in [-0.15, -0.1) is 16.4 Å². The lowest BCUT2D eigenvalue weighted by molar-refractivity contribution is -0.0379. The summed E-state index contributed by atoms with van der Waals surface area (Å²) in [6, 6.07) is 9.93. The van der Waals surface area contributed by atoms with Crippen LogP contribution in [0.5, 0.6) is 0 Å². The molecule has 1 aliphatic heterocycles. The van der Waals surface area contributed by atoms with Gasteiger partial charge in [-0.2, -0.15) is 0 Å². The van der Waals surface area contributed by atoms with E-state index in [2.05, 4.69) is 29.1 Å². The average molecular weight is 407 g/mol. The molecule has 0 atom stereocenters. The van der Waals surface area contributed by atoms with E-state index < -0.39 is 0 Å². The lowest BCUT2D eigenvalue weighted by Gasteiger charge is -2.30. The van der Waals surface area contributed by atoms with E-state index in [9.17, 15) is 0 Å². The summed E-state index contributed by atoms with van der Waals surface area (Å²) < 4.78 is 7.68. The van der Waals surface area contributed by atoms with Gasteiger partial charge in [0, 0.05) is 11.3 Å². The van der Waals surface area contributed by atoms with Crippen LogP contribution < -0.4 is 0 Å². The van der Waals surface area contributed by atoms with Crippen LogP contribution in [0.3, 0.4) is 0 Å². The molecule has 0 saturated heterocycles. The van der Waals surface area contributed by atoms with Gasteiger partial charge in [0.2, 0.25) is 0 Å². The van der Waals surface area contributed by atoms with Gasteiger partial charge >= 0.3 is 0 Å². The van der Waals surface area contributed by atoms with Crippen LogP contribution in [0.2, 0.25) is 0 Å². The standard InChI is InChI=1S/C21H21N5O2S/c1-13(14-7-5-4-6-8-14)25-28-11-17-23-19-18-15-9-21(2,3)27-10-16(15)29-20(18)22-12-26(19)24-17/h4-8,12H,9-11H2,1-3H3/b25-13-. The van der Waals surface area contributed by atoms with E-state index in [1.165, 1.54) is 10.4 Å². The summed E-state index contributed by atoms with van der Waals surface area (Å²) in [5, 5.41) is 9.79. The highest BCUT2D eigenvalue weighted by atomic mass is 32.1. The van der Waals surface area contributed by atoms with Crippen LogP contribution in [0, 0.1) is 0 Å². The van der Waals surface area contributed by atoms with Crippen molar-refractivity contribution in [2.75, 3.05) is 0 Å². The minimum Gasteiger partial charge on any atom is -0.387 e. The number of thiophene rings is 1. The van der Waals surface area contributed by atoms with E-state index in [1.807, 2.05) is 37.3 Å². The van der Waals surface area contributed by atoms with Crippen molar-refractivity contribution in [3.05, 3.63) is 58.5 Å². The number of rotatable bonds is 4. The second kappa shape index (κ2) is 6.89. The second-order valence-electron chi connectivity index (χ2n) is 7.77. The minimum atomic E-state index is -0.191. The van der Waals surface area contributed by atoms with Gasteiger partial charge in [-0.1, -0.05) is 35.5 Å². The Hall–Kier alpha value is -2.84. The summed E-state index contributed by atoms with van der Waals surface area (Å²) >= 11 is 1.67. The lowest BCUT2D eigenvalue weighted by atomic mass is 9.94. The van der Waals surface area contributed by atoms with E-state index >= 15 is 0 Å². The van der Waals surface area contributed by atoms with Crippen molar-refractivity contribution >= 4 is 32.9 Å².